The van der Waals surface area contributed by atoms with Gasteiger partial charge in [-0.3, -0.25) is 4.72 Å². The smallest absolute Gasteiger partial charge is 0.229 e. The Kier molecular flexibility index (Phi) is 7.64. The van der Waals surface area contributed by atoms with Crippen LogP contribution < -0.4 is 10.0 Å². The summed E-state index contributed by atoms with van der Waals surface area (Å²) in [5.41, 5.74) is 1.54. The van der Waals surface area contributed by atoms with E-state index in [-0.39, 0.29) is 0 Å². The van der Waals surface area contributed by atoms with E-state index >= 15 is 0 Å². The minimum absolute atomic E-state index is 0.512. The number of rotatable bonds is 6. The maximum atomic E-state index is 11.4. The van der Waals surface area contributed by atoms with Crippen LogP contribution in [-0.2, 0) is 16.6 Å². The third-order valence-electron chi connectivity index (χ3n) is 4.11. The number of guanidine groups is 1. The quantitative estimate of drug-likeness (QED) is 0.569. The maximum Gasteiger partial charge on any atom is 0.229 e. The lowest BCUT2D eigenvalue weighted by Gasteiger charge is -2.36. The lowest BCUT2D eigenvalue weighted by Crippen LogP contribution is -2.49. The number of hydrogen-bond acceptors (Lipinski definition) is 4. The summed E-state index contributed by atoms with van der Waals surface area (Å²) in [6, 6.07) is 7.38. The minimum Gasteiger partial charge on any atom is -0.357 e. The van der Waals surface area contributed by atoms with Crippen molar-refractivity contribution in [2.75, 3.05) is 36.4 Å². The maximum absolute atomic E-state index is 11.4. The van der Waals surface area contributed by atoms with Crippen LogP contribution >= 0.6 is 11.8 Å². The average Bonchev–Trinajstić information content (AvgIpc) is 2.57. The van der Waals surface area contributed by atoms with Crippen LogP contribution in [0.25, 0.3) is 0 Å². The van der Waals surface area contributed by atoms with E-state index in [2.05, 4.69) is 35.7 Å². The molecule has 6 nitrogen and oxygen atoms in total. The van der Waals surface area contributed by atoms with Gasteiger partial charge in [-0.1, -0.05) is 26.0 Å². The van der Waals surface area contributed by atoms with E-state index in [1.807, 2.05) is 30.0 Å². The molecule has 0 aliphatic carbocycles. The molecule has 1 aromatic carbocycles. The molecular weight excluding hydrogens is 368 g/mol. The van der Waals surface area contributed by atoms with Crippen molar-refractivity contribution in [2.45, 2.75) is 32.6 Å². The summed E-state index contributed by atoms with van der Waals surface area (Å²) in [6.07, 6.45) is 1.15. The number of nitrogens with one attached hydrogen (secondary N) is 2. The summed E-state index contributed by atoms with van der Waals surface area (Å²) in [6.45, 7) is 9.95. The van der Waals surface area contributed by atoms with Gasteiger partial charge < -0.3 is 10.2 Å². The zero-order chi connectivity index (χ0) is 19.2. The second-order valence-corrected chi connectivity index (χ2v) is 9.94. The van der Waals surface area contributed by atoms with Crippen LogP contribution in [0.15, 0.2) is 29.3 Å². The van der Waals surface area contributed by atoms with Gasteiger partial charge >= 0.3 is 0 Å². The van der Waals surface area contributed by atoms with Crippen molar-refractivity contribution in [2.24, 2.45) is 10.9 Å². The Morgan fingerprint density at radius 2 is 2.19 bits per heavy atom. The predicted molar refractivity (Wildman–Crippen MR) is 112 cm³/mol. The fourth-order valence-electron chi connectivity index (χ4n) is 2.81. The van der Waals surface area contributed by atoms with E-state index in [9.17, 15) is 8.42 Å². The average molecular weight is 399 g/mol. The number of hydrogen-bond donors (Lipinski definition) is 2. The molecule has 1 atom stereocenters. The zero-order valence-electron chi connectivity index (χ0n) is 16.0. The molecule has 2 rings (SSSR count). The molecule has 0 spiro atoms. The van der Waals surface area contributed by atoms with Gasteiger partial charge in [-0.2, -0.15) is 11.8 Å². The molecule has 1 aliphatic rings. The van der Waals surface area contributed by atoms with Crippen LogP contribution in [-0.4, -0.2) is 56.2 Å². The van der Waals surface area contributed by atoms with Gasteiger partial charge in [-0.15, -0.1) is 0 Å². The van der Waals surface area contributed by atoms with E-state index < -0.39 is 10.0 Å². The molecule has 2 N–H and O–H groups in total. The van der Waals surface area contributed by atoms with Crippen LogP contribution in [0.5, 0.6) is 0 Å². The van der Waals surface area contributed by atoms with Crippen molar-refractivity contribution in [1.82, 2.24) is 10.2 Å². The first-order chi connectivity index (χ1) is 12.3. The third kappa shape index (κ3) is 6.72. The molecule has 0 bridgehead atoms. The molecule has 0 saturated carbocycles. The van der Waals surface area contributed by atoms with E-state index in [1.165, 1.54) is 0 Å². The van der Waals surface area contributed by atoms with Crippen molar-refractivity contribution >= 4 is 33.4 Å². The summed E-state index contributed by atoms with van der Waals surface area (Å²) < 4.78 is 25.3. The van der Waals surface area contributed by atoms with Crippen molar-refractivity contribution in [3.05, 3.63) is 29.8 Å². The topological polar surface area (TPSA) is 73.8 Å². The third-order valence-corrected chi connectivity index (χ3v) is 6.26. The molecule has 8 heteroatoms. The van der Waals surface area contributed by atoms with Gasteiger partial charge in [0.25, 0.3) is 0 Å². The highest BCUT2D eigenvalue weighted by atomic mass is 32.2. The Hall–Kier alpha value is -1.41. The molecule has 0 radical (unpaired) electrons. The van der Waals surface area contributed by atoms with Crippen molar-refractivity contribution in [3.63, 3.8) is 0 Å². The fourth-order valence-corrected chi connectivity index (χ4v) is 4.66. The Labute approximate surface area is 161 Å². The molecule has 0 aromatic heterocycles. The van der Waals surface area contributed by atoms with Crippen LogP contribution in [0, 0.1) is 5.92 Å². The Morgan fingerprint density at radius 3 is 2.85 bits per heavy atom. The zero-order valence-corrected chi connectivity index (χ0v) is 17.7. The summed E-state index contributed by atoms with van der Waals surface area (Å²) in [4.78, 5) is 7.12. The monoisotopic (exact) mass is 398 g/mol. The number of thioether (sulfide) groups is 1. The van der Waals surface area contributed by atoms with E-state index in [0.29, 0.717) is 23.4 Å². The first-order valence-electron chi connectivity index (χ1n) is 9.00. The van der Waals surface area contributed by atoms with E-state index in [1.54, 1.807) is 6.07 Å². The minimum atomic E-state index is -3.27. The number of anilines is 1. The molecule has 26 heavy (non-hydrogen) atoms. The number of nitrogens with zero attached hydrogens (tertiary/aromatic N) is 2. The van der Waals surface area contributed by atoms with Crippen LogP contribution in [0.3, 0.4) is 0 Å². The lowest BCUT2D eigenvalue weighted by atomic mass is 10.1. The van der Waals surface area contributed by atoms with Gasteiger partial charge in [-0.25, -0.2) is 13.4 Å². The van der Waals surface area contributed by atoms with Crippen molar-refractivity contribution in [1.29, 1.82) is 0 Å². The number of aliphatic imine (C=N–C) groups is 1. The molecule has 0 amide bonds. The molecule has 1 saturated heterocycles. The summed E-state index contributed by atoms with van der Waals surface area (Å²) in [5, 5.41) is 4.01. The molecular formula is C18H30N4O2S2. The fraction of sp³-hybridized carbons (Fsp3) is 0.611. The highest BCUT2D eigenvalue weighted by Gasteiger charge is 2.24. The SMILES string of the molecule is CCNC(=NCc1cccc(NS(C)(=O)=O)c1)N1CCSC(C(C)C)C1. The summed E-state index contributed by atoms with van der Waals surface area (Å²) in [5.74, 6) is 2.69. The molecule has 146 valence electrons. The van der Waals surface area contributed by atoms with Crippen LogP contribution in [0.4, 0.5) is 5.69 Å². The molecule has 1 fully saturated rings. The molecule has 1 aliphatic heterocycles. The normalized spacial score (nSPS) is 18.9. The van der Waals surface area contributed by atoms with Gasteiger partial charge in [0.1, 0.15) is 0 Å². The summed E-state index contributed by atoms with van der Waals surface area (Å²) >= 11 is 2.04. The highest BCUT2D eigenvalue weighted by Crippen LogP contribution is 2.25. The number of sulfonamides is 1. The van der Waals surface area contributed by atoms with E-state index in [4.69, 9.17) is 4.99 Å². The van der Waals surface area contributed by atoms with E-state index in [0.717, 1.165) is 43.2 Å². The lowest BCUT2D eigenvalue weighted by molar-refractivity contribution is 0.381. The van der Waals surface area contributed by atoms with Gasteiger partial charge in [0.2, 0.25) is 10.0 Å². The van der Waals surface area contributed by atoms with Crippen LogP contribution in [0.1, 0.15) is 26.3 Å². The van der Waals surface area contributed by atoms with Gasteiger partial charge in [0.05, 0.1) is 12.8 Å². The largest absolute Gasteiger partial charge is 0.357 e. The highest BCUT2D eigenvalue weighted by molar-refractivity contribution is 8.00. The molecule has 1 aromatic rings. The van der Waals surface area contributed by atoms with Gasteiger partial charge in [0.15, 0.2) is 5.96 Å². The van der Waals surface area contributed by atoms with Crippen molar-refractivity contribution < 1.29 is 8.42 Å². The second-order valence-electron chi connectivity index (χ2n) is 6.84. The second kappa shape index (κ2) is 9.50. The first-order valence-corrected chi connectivity index (χ1v) is 11.9. The van der Waals surface area contributed by atoms with Crippen molar-refractivity contribution in [3.8, 4) is 0 Å². The molecule has 1 unspecified atom stereocenters. The Bertz CT molecular complexity index is 720. The summed E-state index contributed by atoms with van der Waals surface area (Å²) in [7, 11) is -3.27. The Balaban J connectivity index is 2.10. The van der Waals surface area contributed by atoms with Gasteiger partial charge in [0, 0.05) is 36.3 Å². The molecule has 1 heterocycles. The number of benzene rings is 1. The van der Waals surface area contributed by atoms with Crippen LogP contribution in [0.2, 0.25) is 0 Å². The predicted octanol–water partition coefficient (Wildman–Crippen LogP) is 2.60. The Morgan fingerprint density at radius 1 is 1.42 bits per heavy atom. The first kappa shape index (κ1) is 20.9. The van der Waals surface area contributed by atoms with Gasteiger partial charge in [-0.05, 0) is 30.5 Å². The standard InChI is InChI=1S/C18H30N4O2S2/c1-5-19-18(22-9-10-25-17(13-22)14(2)3)20-12-15-7-6-8-16(11-15)21-26(4,23)24/h6-8,11,14,17,21H,5,9-10,12-13H2,1-4H3,(H,19,20).